The van der Waals surface area contributed by atoms with E-state index in [-0.39, 0.29) is 5.92 Å². The Balaban J connectivity index is 2.29. The molecule has 0 aliphatic rings. The Hall–Kier alpha value is -2.50. The minimum absolute atomic E-state index is 0.134. The lowest BCUT2D eigenvalue weighted by Gasteiger charge is -2.21. The lowest BCUT2D eigenvalue weighted by atomic mass is 10.0. The number of ether oxygens (including phenoxy) is 1. The molecule has 0 bridgehead atoms. The van der Waals surface area contributed by atoms with Crippen molar-refractivity contribution in [3.05, 3.63) is 30.0 Å². The number of aryl methyl sites for hydroxylation is 1. The zero-order chi connectivity index (χ0) is 17.1. The van der Waals surface area contributed by atoms with Gasteiger partial charge in [-0.05, 0) is 36.6 Å². The Labute approximate surface area is 135 Å². The van der Waals surface area contributed by atoms with E-state index in [1.165, 1.54) is 0 Å². The van der Waals surface area contributed by atoms with E-state index in [1.54, 1.807) is 24.8 Å². The third-order valence-electron chi connectivity index (χ3n) is 3.78. The van der Waals surface area contributed by atoms with E-state index in [0.717, 1.165) is 10.9 Å². The Morgan fingerprint density at radius 3 is 2.57 bits per heavy atom. The second-order valence-electron chi connectivity index (χ2n) is 5.99. The van der Waals surface area contributed by atoms with Gasteiger partial charge in [-0.3, -0.25) is 4.79 Å². The largest absolute Gasteiger partial charge is 0.548 e. The van der Waals surface area contributed by atoms with Crippen LogP contribution in [0.4, 0.5) is 0 Å². The first-order chi connectivity index (χ1) is 10.8. The number of amides is 1. The van der Waals surface area contributed by atoms with Gasteiger partial charge in [-0.1, -0.05) is 13.8 Å². The van der Waals surface area contributed by atoms with E-state index in [1.807, 2.05) is 32.0 Å². The number of aromatic nitrogens is 1. The van der Waals surface area contributed by atoms with Crippen LogP contribution in [0.1, 0.15) is 30.8 Å². The summed E-state index contributed by atoms with van der Waals surface area (Å²) in [6, 6.07) is 6.21. The molecule has 1 aromatic heterocycles. The molecule has 6 nitrogen and oxygen atoms in total. The molecule has 0 spiro atoms. The van der Waals surface area contributed by atoms with Crippen LogP contribution in [0.2, 0.25) is 0 Å². The molecule has 6 heteroatoms. The number of carbonyl (C=O) groups is 2. The van der Waals surface area contributed by atoms with E-state index in [9.17, 15) is 14.7 Å². The van der Waals surface area contributed by atoms with Gasteiger partial charge in [0.05, 0.1) is 19.1 Å². The van der Waals surface area contributed by atoms with Crippen molar-refractivity contribution in [1.82, 2.24) is 9.88 Å². The van der Waals surface area contributed by atoms with Crippen LogP contribution < -0.4 is 15.2 Å². The summed E-state index contributed by atoms with van der Waals surface area (Å²) < 4.78 is 6.90. The molecule has 1 N–H and O–H groups in total. The van der Waals surface area contributed by atoms with Crippen molar-refractivity contribution in [1.29, 1.82) is 0 Å². The summed E-state index contributed by atoms with van der Waals surface area (Å²) in [7, 11) is 3.34. The maximum atomic E-state index is 12.4. The fraction of sp³-hybridized carbons (Fsp3) is 0.412. The highest BCUT2D eigenvalue weighted by Gasteiger charge is 2.19. The van der Waals surface area contributed by atoms with Gasteiger partial charge in [-0.2, -0.15) is 0 Å². The number of hydrogen-bond acceptors (Lipinski definition) is 4. The quantitative estimate of drug-likeness (QED) is 0.864. The average Bonchev–Trinajstić information content (AvgIpc) is 2.82. The topological polar surface area (TPSA) is 83.4 Å². The van der Waals surface area contributed by atoms with Crippen LogP contribution in [0.5, 0.6) is 5.75 Å². The summed E-state index contributed by atoms with van der Waals surface area (Å²) in [6.07, 6.45) is 0.325. The van der Waals surface area contributed by atoms with Gasteiger partial charge in [0.2, 0.25) is 0 Å². The predicted octanol–water partition coefficient (Wildman–Crippen LogP) is 1.08. The average molecular weight is 317 g/mol. The number of methoxy groups -OCH3 is 1. The van der Waals surface area contributed by atoms with Gasteiger partial charge in [0.1, 0.15) is 11.4 Å². The number of aliphatic carboxylic acids is 1. The van der Waals surface area contributed by atoms with Crippen LogP contribution in [0, 0.1) is 5.92 Å². The molecular formula is C17H21N2O4-. The zero-order valence-corrected chi connectivity index (χ0v) is 13.8. The van der Waals surface area contributed by atoms with Gasteiger partial charge in [0.25, 0.3) is 5.91 Å². The first kappa shape index (κ1) is 16.9. The van der Waals surface area contributed by atoms with Crippen LogP contribution in [-0.2, 0) is 11.8 Å². The summed E-state index contributed by atoms with van der Waals surface area (Å²) in [5.74, 6) is -0.873. The minimum atomic E-state index is -1.27. The van der Waals surface area contributed by atoms with Gasteiger partial charge in [0, 0.05) is 18.0 Å². The second-order valence-corrected chi connectivity index (χ2v) is 5.99. The van der Waals surface area contributed by atoms with Gasteiger partial charge in [-0.15, -0.1) is 0 Å². The minimum Gasteiger partial charge on any atom is -0.548 e. The van der Waals surface area contributed by atoms with Crippen LogP contribution in [0.25, 0.3) is 10.9 Å². The molecule has 0 saturated carbocycles. The molecule has 1 amide bonds. The predicted molar refractivity (Wildman–Crippen MR) is 85.2 cm³/mol. The monoisotopic (exact) mass is 317 g/mol. The van der Waals surface area contributed by atoms with Crippen LogP contribution in [0.3, 0.4) is 0 Å². The molecular weight excluding hydrogens is 296 g/mol. The molecule has 2 rings (SSSR count). The molecule has 0 saturated heterocycles. The first-order valence-electron chi connectivity index (χ1n) is 7.48. The van der Waals surface area contributed by atoms with Gasteiger partial charge < -0.3 is 24.5 Å². The highest BCUT2D eigenvalue weighted by atomic mass is 16.5. The third kappa shape index (κ3) is 3.64. The number of carboxylic acids is 1. The summed E-state index contributed by atoms with van der Waals surface area (Å²) in [4.78, 5) is 23.6. The molecule has 0 aliphatic heterocycles. The number of carbonyl (C=O) groups excluding carboxylic acids is 2. The smallest absolute Gasteiger partial charge is 0.268 e. The van der Waals surface area contributed by atoms with E-state index in [4.69, 9.17) is 4.74 Å². The zero-order valence-electron chi connectivity index (χ0n) is 13.8. The highest BCUT2D eigenvalue weighted by molar-refractivity contribution is 6.00. The molecule has 1 aromatic carbocycles. The molecule has 0 fully saturated rings. The summed E-state index contributed by atoms with van der Waals surface area (Å²) in [5.41, 5.74) is 1.26. The normalized spacial score (nSPS) is 12.4. The lowest BCUT2D eigenvalue weighted by Crippen LogP contribution is -2.48. The van der Waals surface area contributed by atoms with Gasteiger partial charge >= 0.3 is 0 Å². The maximum Gasteiger partial charge on any atom is 0.268 e. The standard InChI is InChI=1S/C17H22N2O4/c1-10(2)7-13(17(21)22)18-16(20)15-9-11-8-12(23-4)5-6-14(11)19(15)3/h5-6,8-10,13H,7H2,1-4H3,(H,18,20)(H,21,22)/p-1/t13-/m0/s1. The molecule has 0 radical (unpaired) electrons. The maximum absolute atomic E-state index is 12.4. The van der Waals surface area contributed by atoms with E-state index in [0.29, 0.717) is 17.9 Å². The number of nitrogens with one attached hydrogen (secondary N) is 1. The van der Waals surface area contributed by atoms with Crippen molar-refractivity contribution >= 4 is 22.8 Å². The molecule has 2 aromatic rings. The van der Waals surface area contributed by atoms with Crippen molar-refractivity contribution in [2.24, 2.45) is 13.0 Å². The molecule has 124 valence electrons. The number of benzene rings is 1. The molecule has 0 aliphatic carbocycles. The lowest BCUT2D eigenvalue weighted by molar-refractivity contribution is -0.308. The molecule has 1 heterocycles. The first-order valence-corrected chi connectivity index (χ1v) is 7.48. The number of rotatable bonds is 6. The molecule has 23 heavy (non-hydrogen) atoms. The number of nitrogens with zero attached hydrogens (tertiary/aromatic N) is 1. The van der Waals surface area contributed by atoms with Crippen LogP contribution in [0.15, 0.2) is 24.3 Å². The number of fused-ring (bicyclic) bond motifs is 1. The Bertz CT molecular complexity index is 734. The van der Waals surface area contributed by atoms with Crippen LogP contribution in [-0.4, -0.2) is 29.6 Å². The van der Waals surface area contributed by atoms with E-state index >= 15 is 0 Å². The molecule has 0 unspecified atom stereocenters. The van der Waals surface area contributed by atoms with Gasteiger partial charge in [-0.25, -0.2) is 0 Å². The highest BCUT2D eigenvalue weighted by Crippen LogP contribution is 2.23. The van der Waals surface area contributed by atoms with E-state index in [2.05, 4.69) is 5.32 Å². The third-order valence-corrected chi connectivity index (χ3v) is 3.78. The Morgan fingerprint density at radius 2 is 2.00 bits per heavy atom. The summed E-state index contributed by atoms with van der Waals surface area (Å²) >= 11 is 0. The van der Waals surface area contributed by atoms with Crippen molar-refractivity contribution in [2.45, 2.75) is 26.3 Å². The molecule has 1 atom stereocenters. The van der Waals surface area contributed by atoms with Crippen molar-refractivity contribution < 1.29 is 19.4 Å². The van der Waals surface area contributed by atoms with Gasteiger partial charge in [0.15, 0.2) is 0 Å². The Morgan fingerprint density at radius 1 is 1.30 bits per heavy atom. The SMILES string of the molecule is COc1ccc2c(c1)cc(C(=O)N[C@@H](CC(C)C)C(=O)[O-])n2C. The van der Waals surface area contributed by atoms with Crippen molar-refractivity contribution in [3.8, 4) is 5.75 Å². The Kier molecular flexibility index (Phi) is 4.93. The fourth-order valence-corrected chi connectivity index (χ4v) is 2.59. The fourth-order valence-electron chi connectivity index (χ4n) is 2.59. The summed E-state index contributed by atoms with van der Waals surface area (Å²) in [6.45, 7) is 3.79. The number of hydrogen-bond donors (Lipinski definition) is 1. The van der Waals surface area contributed by atoms with Crippen molar-refractivity contribution in [2.75, 3.05) is 7.11 Å². The number of carboxylic acid groups (broad SMARTS) is 1. The van der Waals surface area contributed by atoms with E-state index < -0.39 is 17.9 Å². The summed E-state index contributed by atoms with van der Waals surface area (Å²) in [5, 5.41) is 14.6. The van der Waals surface area contributed by atoms with Crippen LogP contribution >= 0.6 is 0 Å². The van der Waals surface area contributed by atoms with Crippen molar-refractivity contribution in [3.63, 3.8) is 0 Å². The second kappa shape index (κ2) is 6.73.